The second-order valence-corrected chi connectivity index (χ2v) is 6.76. The van der Waals surface area contributed by atoms with Gasteiger partial charge in [0, 0.05) is 11.6 Å². The van der Waals surface area contributed by atoms with Crippen LogP contribution in [0.15, 0.2) is 59.5 Å². The standard InChI is InChI=1S/C17H17FN2O3S/c1-12(13-6-9-15(10-7-13)24(19,22)23)20-17(21)11-8-14-4-2-3-5-16(14)18/h2-12H,1H3,(H,20,21)(H2,19,22,23)/b11-8+/t12-/m0/s1. The van der Waals surface area contributed by atoms with Crippen LogP contribution < -0.4 is 10.5 Å². The normalized spacial score (nSPS) is 13.0. The Morgan fingerprint density at radius 1 is 1.17 bits per heavy atom. The van der Waals surface area contributed by atoms with E-state index in [1.165, 1.54) is 30.4 Å². The van der Waals surface area contributed by atoms with Crippen LogP contribution in [0.2, 0.25) is 0 Å². The minimum atomic E-state index is -3.75. The Morgan fingerprint density at radius 2 is 1.79 bits per heavy atom. The molecule has 24 heavy (non-hydrogen) atoms. The molecule has 0 heterocycles. The molecule has 0 bridgehead atoms. The van der Waals surface area contributed by atoms with Gasteiger partial charge in [0.25, 0.3) is 0 Å². The Labute approximate surface area is 140 Å². The molecule has 0 radical (unpaired) electrons. The maximum Gasteiger partial charge on any atom is 0.244 e. The lowest BCUT2D eigenvalue weighted by Gasteiger charge is -2.13. The van der Waals surface area contributed by atoms with Crippen molar-refractivity contribution in [3.05, 3.63) is 71.6 Å². The van der Waals surface area contributed by atoms with Crippen LogP contribution in [0.5, 0.6) is 0 Å². The SMILES string of the molecule is C[C@H](NC(=O)/C=C/c1ccccc1F)c1ccc(S(N)(=O)=O)cc1. The zero-order valence-corrected chi connectivity index (χ0v) is 13.8. The molecule has 0 aliphatic rings. The average Bonchev–Trinajstić information content (AvgIpc) is 2.53. The van der Waals surface area contributed by atoms with Gasteiger partial charge in [-0.3, -0.25) is 4.79 Å². The first-order valence-electron chi connectivity index (χ1n) is 7.13. The Balaban J connectivity index is 2.02. The molecular weight excluding hydrogens is 331 g/mol. The van der Waals surface area contributed by atoms with E-state index in [-0.39, 0.29) is 16.8 Å². The highest BCUT2D eigenvalue weighted by Gasteiger charge is 2.11. The van der Waals surface area contributed by atoms with E-state index < -0.39 is 15.8 Å². The molecule has 0 saturated heterocycles. The van der Waals surface area contributed by atoms with E-state index in [2.05, 4.69) is 5.32 Å². The number of amides is 1. The summed E-state index contributed by atoms with van der Waals surface area (Å²) in [5.41, 5.74) is 1.04. The maximum absolute atomic E-state index is 13.5. The van der Waals surface area contributed by atoms with Crippen LogP contribution >= 0.6 is 0 Å². The van der Waals surface area contributed by atoms with Crippen molar-refractivity contribution in [2.75, 3.05) is 0 Å². The largest absolute Gasteiger partial charge is 0.346 e. The molecule has 2 aromatic carbocycles. The maximum atomic E-state index is 13.5. The predicted octanol–water partition coefficient (Wildman–Crippen LogP) is 2.36. The number of halogens is 1. The van der Waals surface area contributed by atoms with E-state index in [4.69, 9.17) is 5.14 Å². The lowest BCUT2D eigenvalue weighted by Crippen LogP contribution is -2.24. The molecule has 1 amide bonds. The molecule has 7 heteroatoms. The van der Waals surface area contributed by atoms with Crippen LogP contribution in [0, 0.1) is 5.82 Å². The summed E-state index contributed by atoms with van der Waals surface area (Å²) in [6.45, 7) is 1.75. The first-order chi connectivity index (χ1) is 11.3. The fraction of sp³-hybridized carbons (Fsp3) is 0.118. The summed E-state index contributed by atoms with van der Waals surface area (Å²) in [6, 6.07) is 11.7. The molecule has 0 unspecified atom stereocenters. The van der Waals surface area contributed by atoms with Crippen molar-refractivity contribution < 1.29 is 17.6 Å². The van der Waals surface area contributed by atoms with Crippen LogP contribution in [0.25, 0.3) is 6.08 Å². The van der Waals surface area contributed by atoms with E-state index in [0.717, 1.165) is 5.56 Å². The molecule has 5 nitrogen and oxygen atoms in total. The van der Waals surface area contributed by atoms with E-state index in [1.54, 1.807) is 37.3 Å². The number of benzene rings is 2. The molecule has 126 valence electrons. The highest BCUT2D eigenvalue weighted by molar-refractivity contribution is 7.89. The van der Waals surface area contributed by atoms with Gasteiger partial charge < -0.3 is 5.32 Å². The van der Waals surface area contributed by atoms with Crippen molar-refractivity contribution in [1.29, 1.82) is 0 Å². The van der Waals surface area contributed by atoms with Crippen molar-refractivity contribution in [3.8, 4) is 0 Å². The van der Waals surface area contributed by atoms with E-state index in [1.807, 2.05) is 0 Å². The molecule has 0 saturated carbocycles. The van der Waals surface area contributed by atoms with Gasteiger partial charge >= 0.3 is 0 Å². The van der Waals surface area contributed by atoms with E-state index in [9.17, 15) is 17.6 Å². The number of carbonyl (C=O) groups excluding carboxylic acids is 1. The van der Waals surface area contributed by atoms with Crippen molar-refractivity contribution in [2.24, 2.45) is 5.14 Å². The smallest absolute Gasteiger partial charge is 0.244 e. The zero-order chi connectivity index (χ0) is 17.7. The minimum absolute atomic E-state index is 0.00391. The molecule has 1 atom stereocenters. The number of nitrogens with two attached hydrogens (primary N) is 1. The first kappa shape index (κ1) is 17.8. The van der Waals surface area contributed by atoms with Gasteiger partial charge in [0.1, 0.15) is 5.82 Å². The summed E-state index contributed by atoms with van der Waals surface area (Å²) < 4.78 is 35.9. The van der Waals surface area contributed by atoms with E-state index in [0.29, 0.717) is 5.56 Å². The summed E-state index contributed by atoms with van der Waals surface area (Å²) >= 11 is 0. The lowest BCUT2D eigenvalue weighted by molar-refractivity contribution is -0.117. The minimum Gasteiger partial charge on any atom is -0.346 e. The third-order valence-corrected chi connectivity index (χ3v) is 4.32. The van der Waals surface area contributed by atoms with Gasteiger partial charge in [-0.1, -0.05) is 30.3 Å². The molecular formula is C17H17FN2O3S. The van der Waals surface area contributed by atoms with Crippen molar-refractivity contribution in [1.82, 2.24) is 5.32 Å². The van der Waals surface area contributed by atoms with Crippen LogP contribution in [0.3, 0.4) is 0 Å². The molecule has 0 spiro atoms. The highest BCUT2D eigenvalue weighted by Crippen LogP contribution is 2.15. The number of hydrogen-bond acceptors (Lipinski definition) is 3. The molecule has 0 aromatic heterocycles. The predicted molar refractivity (Wildman–Crippen MR) is 89.8 cm³/mol. The van der Waals surface area contributed by atoms with Crippen LogP contribution in [0.1, 0.15) is 24.1 Å². The van der Waals surface area contributed by atoms with Gasteiger partial charge in [-0.05, 0) is 36.8 Å². The Morgan fingerprint density at radius 3 is 2.38 bits per heavy atom. The summed E-state index contributed by atoms with van der Waals surface area (Å²) in [4.78, 5) is 11.9. The van der Waals surface area contributed by atoms with Gasteiger partial charge in [0.2, 0.25) is 15.9 Å². The Kier molecular flexibility index (Phi) is 5.48. The fourth-order valence-electron chi connectivity index (χ4n) is 2.07. The van der Waals surface area contributed by atoms with E-state index >= 15 is 0 Å². The summed E-state index contributed by atoms with van der Waals surface area (Å²) in [5, 5.41) is 7.75. The summed E-state index contributed by atoms with van der Waals surface area (Å²) in [6.07, 6.45) is 2.63. The first-order valence-corrected chi connectivity index (χ1v) is 8.68. The summed E-state index contributed by atoms with van der Waals surface area (Å²) in [5.74, 6) is -0.797. The molecule has 2 rings (SSSR count). The number of rotatable bonds is 5. The van der Waals surface area contributed by atoms with Gasteiger partial charge in [0.15, 0.2) is 0 Å². The molecule has 2 aromatic rings. The molecule has 0 aliphatic heterocycles. The molecule has 0 aliphatic carbocycles. The second kappa shape index (κ2) is 7.37. The van der Waals surface area contributed by atoms with Crippen LogP contribution in [0.4, 0.5) is 4.39 Å². The number of nitrogens with one attached hydrogen (secondary N) is 1. The van der Waals surface area contributed by atoms with Gasteiger partial charge in [-0.15, -0.1) is 0 Å². The number of sulfonamides is 1. The Bertz CT molecular complexity index is 862. The van der Waals surface area contributed by atoms with Gasteiger partial charge in [0.05, 0.1) is 10.9 Å². The molecule has 0 fully saturated rings. The topological polar surface area (TPSA) is 89.3 Å². The van der Waals surface area contributed by atoms with Gasteiger partial charge in [-0.2, -0.15) is 0 Å². The van der Waals surface area contributed by atoms with Crippen molar-refractivity contribution in [3.63, 3.8) is 0 Å². The summed E-state index contributed by atoms with van der Waals surface area (Å²) in [7, 11) is -3.75. The fourth-order valence-corrected chi connectivity index (χ4v) is 2.58. The highest BCUT2D eigenvalue weighted by atomic mass is 32.2. The monoisotopic (exact) mass is 348 g/mol. The third-order valence-electron chi connectivity index (χ3n) is 3.39. The second-order valence-electron chi connectivity index (χ2n) is 5.20. The number of hydrogen-bond donors (Lipinski definition) is 2. The van der Waals surface area contributed by atoms with Crippen molar-refractivity contribution in [2.45, 2.75) is 17.9 Å². The quantitative estimate of drug-likeness (QED) is 0.813. The number of primary sulfonamides is 1. The zero-order valence-electron chi connectivity index (χ0n) is 12.9. The number of carbonyl (C=O) groups is 1. The van der Waals surface area contributed by atoms with Gasteiger partial charge in [-0.25, -0.2) is 17.9 Å². The Hall–Kier alpha value is -2.51. The lowest BCUT2D eigenvalue weighted by atomic mass is 10.1. The third kappa shape index (κ3) is 4.74. The van der Waals surface area contributed by atoms with Crippen LogP contribution in [-0.4, -0.2) is 14.3 Å². The van der Waals surface area contributed by atoms with Crippen molar-refractivity contribution >= 4 is 22.0 Å². The molecule has 3 N–H and O–H groups in total. The average molecular weight is 348 g/mol. The van der Waals surface area contributed by atoms with Crippen LogP contribution in [-0.2, 0) is 14.8 Å².